The molecule has 0 aliphatic carbocycles. The maximum atomic E-state index is 12.3. The number of esters is 1. The van der Waals surface area contributed by atoms with Crippen LogP contribution >= 0.6 is 11.3 Å². The van der Waals surface area contributed by atoms with Crippen molar-refractivity contribution in [3.8, 4) is 0 Å². The fraction of sp³-hybridized carbons (Fsp3) is 0.200. The van der Waals surface area contributed by atoms with Crippen LogP contribution in [0.25, 0.3) is 0 Å². The molecule has 1 N–H and O–H groups in total. The zero-order valence-corrected chi connectivity index (χ0v) is 12.3. The molecule has 1 aromatic carbocycles. The lowest BCUT2D eigenvalue weighted by Gasteiger charge is -2.07. The number of hydrogen-bond donors (Lipinski definition) is 1. The highest BCUT2D eigenvalue weighted by atomic mass is 32.1. The first kappa shape index (κ1) is 14.3. The van der Waals surface area contributed by atoms with Crippen molar-refractivity contribution in [1.82, 2.24) is 0 Å². The highest BCUT2D eigenvalue weighted by molar-refractivity contribution is 7.16. The van der Waals surface area contributed by atoms with Crippen LogP contribution in [0.5, 0.6) is 0 Å². The Labute approximate surface area is 121 Å². The largest absolute Gasteiger partial charge is 0.465 e. The molecule has 0 radical (unpaired) electrons. The molecule has 0 saturated heterocycles. The Hall–Kier alpha value is -2.14. The second kappa shape index (κ2) is 5.88. The van der Waals surface area contributed by atoms with Crippen molar-refractivity contribution in [2.24, 2.45) is 0 Å². The van der Waals surface area contributed by atoms with Gasteiger partial charge in [0.1, 0.15) is 5.00 Å². The predicted molar refractivity (Wildman–Crippen MR) is 79.5 cm³/mol. The third-order valence-electron chi connectivity index (χ3n) is 2.88. The molecule has 0 atom stereocenters. The Bertz CT molecular complexity index is 661. The molecule has 5 heteroatoms. The molecule has 1 heterocycles. The smallest absolute Gasteiger partial charge is 0.340 e. The number of aryl methyl sites for hydroxylation is 2. The number of carbonyl (C=O) groups is 2. The average molecular weight is 289 g/mol. The SMILES string of the molecule is COC(=O)c1cc(C)sc1NC(=O)c1ccccc1C. The molecule has 20 heavy (non-hydrogen) atoms. The fourth-order valence-corrected chi connectivity index (χ4v) is 2.76. The van der Waals surface area contributed by atoms with Gasteiger partial charge in [-0.05, 0) is 31.5 Å². The molecule has 0 fully saturated rings. The highest BCUT2D eigenvalue weighted by Crippen LogP contribution is 2.28. The van der Waals surface area contributed by atoms with Crippen LogP contribution in [0, 0.1) is 13.8 Å². The molecule has 0 saturated carbocycles. The summed E-state index contributed by atoms with van der Waals surface area (Å²) in [5.74, 6) is -0.676. The molecule has 104 valence electrons. The normalized spacial score (nSPS) is 10.2. The molecule has 4 nitrogen and oxygen atoms in total. The van der Waals surface area contributed by atoms with Crippen molar-refractivity contribution in [2.45, 2.75) is 13.8 Å². The Balaban J connectivity index is 2.29. The van der Waals surface area contributed by atoms with Crippen LogP contribution in [0.2, 0.25) is 0 Å². The standard InChI is InChI=1S/C15H15NO3S/c1-9-6-4-5-7-11(9)13(17)16-14-12(15(18)19-3)8-10(2)20-14/h4-8H,1-3H3,(H,16,17). The lowest BCUT2D eigenvalue weighted by molar-refractivity contribution is 0.0602. The lowest BCUT2D eigenvalue weighted by atomic mass is 10.1. The van der Waals surface area contributed by atoms with Gasteiger partial charge in [-0.15, -0.1) is 11.3 Å². The monoisotopic (exact) mass is 289 g/mol. The molecule has 0 bridgehead atoms. The highest BCUT2D eigenvalue weighted by Gasteiger charge is 2.18. The zero-order chi connectivity index (χ0) is 14.7. The second-order valence-corrected chi connectivity index (χ2v) is 5.62. The molecular weight excluding hydrogens is 274 g/mol. The Morgan fingerprint density at radius 2 is 1.85 bits per heavy atom. The van der Waals surface area contributed by atoms with Crippen LogP contribution in [0.1, 0.15) is 31.2 Å². The number of thiophene rings is 1. The predicted octanol–water partition coefficient (Wildman–Crippen LogP) is 3.40. The second-order valence-electron chi connectivity index (χ2n) is 4.36. The van der Waals surface area contributed by atoms with E-state index in [2.05, 4.69) is 5.32 Å². The number of ether oxygens (including phenoxy) is 1. The van der Waals surface area contributed by atoms with E-state index < -0.39 is 5.97 Å². The van der Waals surface area contributed by atoms with E-state index in [0.29, 0.717) is 16.1 Å². The zero-order valence-electron chi connectivity index (χ0n) is 11.5. The van der Waals surface area contributed by atoms with E-state index in [-0.39, 0.29) is 5.91 Å². The summed E-state index contributed by atoms with van der Waals surface area (Å²) in [7, 11) is 1.32. The maximum Gasteiger partial charge on any atom is 0.340 e. The minimum atomic E-state index is -0.450. The summed E-state index contributed by atoms with van der Waals surface area (Å²) < 4.78 is 4.72. The first-order valence-corrected chi connectivity index (χ1v) is 6.90. The lowest BCUT2D eigenvalue weighted by Crippen LogP contribution is -2.14. The van der Waals surface area contributed by atoms with E-state index in [0.717, 1.165) is 10.4 Å². The Morgan fingerprint density at radius 1 is 1.15 bits per heavy atom. The molecular formula is C15H15NO3S. The van der Waals surface area contributed by atoms with E-state index in [1.54, 1.807) is 12.1 Å². The maximum absolute atomic E-state index is 12.3. The van der Waals surface area contributed by atoms with Crippen LogP contribution in [-0.4, -0.2) is 19.0 Å². The number of amides is 1. The third-order valence-corrected chi connectivity index (χ3v) is 3.84. The van der Waals surface area contributed by atoms with Crippen molar-refractivity contribution in [3.63, 3.8) is 0 Å². The van der Waals surface area contributed by atoms with E-state index >= 15 is 0 Å². The minimum Gasteiger partial charge on any atom is -0.465 e. The van der Waals surface area contributed by atoms with Crippen molar-refractivity contribution in [2.75, 3.05) is 12.4 Å². The summed E-state index contributed by atoms with van der Waals surface area (Å²) in [5.41, 5.74) is 1.86. The van der Waals surface area contributed by atoms with Crippen LogP contribution in [0.4, 0.5) is 5.00 Å². The molecule has 1 amide bonds. The van der Waals surface area contributed by atoms with Crippen LogP contribution in [0.3, 0.4) is 0 Å². The Kier molecular flexibility index (Phi) is 4.20. The van der Waals surface area contributed by atoms with Gasteiger partial charge in [-0.1, -0.05) is 18.2 Å². The quantitative estimate of drug-likeness (QED) is 0.881. The van der Waals surface area contributed by atoms with E-state index in [4.69, 9.17) is 4.74 Å². The Morgan fingerprint density at radius 3 is 2.50 bits per heavy atom. The van der Waals surface area contributed by atoms with Gasteiger partial charge in [-0.2, -0.15) is 0 Å². The van der Waals surface area contributed by atoms with Crippen molar-refractivity contribution in [3.05, 3.63) is 51.9 Å². The van der Waals surface area contributed by atoms with Gasteiger partial charge in [-0.25, -0.2) is 4.79 Å². The van der Waals surface area contributed by atoms with E-state index in [9.17, 15) is 9.59 Å². The van der Waals surface area contributed by atoms with Gasteiger partial charge in [0.15, 0.2) is 0 Å². The van der Waals surface area contributed by atoms with Gasteiger partial charge in [0.25, 0.3) is 5.91 Å². The van der Waals surface area contributed by atoms with Crippen LogP contribution in [-0.2, 0) is 4.74 Å². The average Bonchev–Trinajstić information content (AvgIpc) is 2.79. The van der Waals surface area contributed by atoms with Crippen molar-refractivity contribution < 1.29 is 14.3 Å². The fourth-order valence-electron chi connectivity index (χ4n) is 1.87. The molecule has 2 aromatic rings. The number of methoxy groups -OCH3 is 1. The van der Waals surface area contributed by atoms with Crippen LogP contribution in [0.15, 0.2) is 30.3 Å². The van der Waals surface area contributed by atoms with Gasteiger partial charge in [-0.3, -0.25) is 4.79 Å². The number of carbonyl (C=O) groups excluding carboxylic acids is 2. The van der Waals surface area contributed by atoms with Crippen LogP contribution < -0.4 is 5.32 Å². The number of benzene rings is 1. The molecule has 1 aromatic heterocycles. The number of hydrogen-bond acceptors (Lipinski definition) is 4. The molecule has 2 rings (SSSR count). The summed E-state index contributed by atoms with van der Waals surface area (Å²) in [6.45, 7) is 3.75. The number of anilines is 1. The van der Waals surface area contributed by atoms with E-state index in [1.807, 2.05) is 32.0 Å². The van der Waals surface area contributed by atoms with Gasteiger partial charge >= 0.3 is 5.97 Å². The molecule has 0 aliphatic rings. The van der Waals surface area contributed by atoms with Gasteiger partial charge < -0.3 is 10.1 Å². The molecule has 0 unspecified atom stereocenters. The first-order valence-electron chi connectivity index (χ1n) is 6.08. The van der Waals surface area contributed by atoms with E-state index in [1.165, 1.54) is 18.4 Å². The summed E-state index contributed by atoms with van der Waals surface area (Å²) in [4.78, 5) is 24.9. The van der Waals surface area contributed by atoms with Gasteiger partial charge in [0.2, 0.25) is 0 Å². The molecule has 0 spiro atoms. The van der Waals surface area contributed by atoms with Crippen molar-refractivity contribution in [1.29, 1.82) is 0 Å². The number of rotatable bonds is 3. The molecule has 0 aliphatic heterocycles. The third kappa shape index (κ3) is 2.88. The van der Waals surface area contributed by atoms with Gasteiger partial charge in [0.05, 0.1) is 12.7 Å². The van der Waals surface area contributed by atoms with Gasteiger partial charge in [0, 0.05) is 10.4 Å². The number of nitrogens with one attached hydrogen (secondary N) is 1. The summed E-state index contributed by atoms with van der Waals surface area (Å²) in [6, 6.07) is 9.02. The summed E-state index contributed by atoms with van der Waals surface area (Å²) >= 11 is 1.35. The van der Waals surface area contributed by atoms with Crippen molar-refractivity contribution >= 4 is 28.2 Å². The summed E-state index contributed by atoms with van der Waals surface area (Å²) in [5, 5.41) is 3.30. The minimum absolute atomic E-state index is 0.227. The first-order chi connectivity index (χ1) is 9.52. The topological polar surface area (TPSA) is 55.4 Å². The summed E-state index contributed by atoms with van der Waals surface area (Å²) in [6.07, 6.45) is 0.